The van der Waals surface area contributed by atoms with Gasteiger partial charge in [0.05, 0.1) is 12.2 Å². The van der Waals surface area contributed by atoms with Gasteiger partial charge in [-0.2, -0.15) is 0 Å². The van der Waals surface area contributed by atoms with Crippen molar-refractivity contribution in [3.63, 3.8) is 0 Å². The van der Waals surface area contributed by atoms with Crippen molar-refractivity contribution in [2.24, 2.45) is 0 Å². The third kappa shape index (κ3) is 2.78. The second-order valence-electron chi connectivity index (χ2n) is 7.24. The van der Waals surface area contributed by atoms with Crippen LogP contribution in [-0.2, 0) is 25.5 Å². The third-order valence-corrected chi connectivity index (χ3v) is 5.64. The van der Waals surface area contributed by atoms with E-state index in [1.807, 2.05) is 6.92 Å². The Morgan fingerprint density at radius 3 is 2.48 bits per heavy atom. The minimum absolute atomic E-state index is 0.121. The fraction of sp³-hybridized carbons (Fsp3) is 0.318. The molecule has 3 heterocycles. The lowest BCUT2D eigenvalue weighted by Gasteiger charge is -2.32. The summed E-state index contributed by atoms with van der Waals surface area (Å²) in [6.07, 6.45) is -1.47. The number of hydrogen-bond donors (Lipinski definition) is 3. The molecule has 1 unspecified atom stereocenters. The van der Waals surface area contributed by atoms with E-state index in [1.165, 1.54) is 18.2 Å². The minimum Gasteiger partial charge on any atom is -0.462 e. The molecule has 3 atom stereocenters. The molecule has 162 valence electrons. The predicted octanol–water partition coefficient (Wildman–Crippen LogP) is 0.600. The molecular formula is C22H21NO8. The smallest absolute Gasteiger partial charge is 0.279 e. The first-order valence-corrected chi connectivity index (χ1v) is 9.68. The van der Waals surface area contributed by atoms with E-state index in [-0.39, 0.29) is 22.7 Å². The van der Waals surface area contributed by atoms with Gasteiger partial charge in [0.1, 0.15) is 5.76 Å². The van der Waals surface area contributed by atoms with E-state index in [0.717, 1.165) is 7.11 Å². The fourth-order valence-corrected chi connectivity index (χ4v) is 3.94. The van der Waals surface area contributed by atoms with Crippen molar-refractivity contribution in [3.8, 4) is 0 Å². The normalized spacial score (nSPS) is 27.7. The molecule has 1 saturated heterocycles. The number of carbonyl (C=O) groups is 3. The van der Waals surface area contributed by atoms with Crippen LogP contribution >= 0.6 is 0 Å². The van der Waals surface area contributed by atoms with Crippen LogP contribution < -0.4 is 5.32 Å². The Bertz CT molecular complexity index is 1090. The summed E-state index contributed by atoms with van der Waals surface area (Å²) in [6.45, 7) is 1.10. The van der Waals surface area contributed by atoms with Gasteiger partial charge >= 0.3 is 0 Å². The molecule has 0 radical (unpaired) electrons. The number of furan rings is 1. The second kappa shape index (κ2) is 7.45. The number of methoxy groups -OCH3 is 1. The van der Waals surface area contributed by atoms with Gasteiger partial charge in [0.2, 0.25) is 17.3 Å². The molecule has 3 N–H and O–H groups in total. The van der Waals surface area contributed by atoms with Crippen LogP contribution in [0.4, 0.5) is 0 Å². The maximum Gasteiger partial charge on any atom is 0.279 e. The number of aliphatic hydroxyl groups excluding tert-OH is 2. The quantitative estimate of drug-likeness (QED) is 0.451. The van der Waals surface area contributed by atoms with Crippen LogP contribution in [-0.4, -0.2) is 58.8 Å². The molecule has 2 aliphatic heterocycles. The van der Waals surface area contributed by atoms with Gasteiger partial charge in [-0.15, -0.1) is 0 Å². The van der Waals surface area contributed by atoms with Crippen molar-refractivity contribution >= 4 is 23.2 Å². The molecule has 1 aromatic heterocycles. The Morgan fingerprint density at radius 1 is 1.19 bits per heavy atom. The van der Waals surface area contributed by atoms with Gasteiger partial charge < -0.3 is 29.4 Å². The molecule has 1 amide bonds. The zero-order valence-corrected chi connectivity index (χ0v) is 16.9. The molecule has 0 saturated carbocycles. The summed E-state index contributed by atoms with van der Waals surface area (Å²) in [7, 11) is 1.13. The molecule has 1 fully saturated rings. The Balaban J connectivity index is 1.78. The molecule has 1 spiro atoms. The molecule has 2 aliphatic rings. The number of aliphatic hydroxyl groups is 2. The van der Waals surface area contributed by atoms with Crippen LogP contribution in [0.2, 0.25) is 0 Å². The number of carbonyl (C=O) groups excluding carboxylic acids is 3. The average Bonchev–Trinajstić information content (AvgIpc) is 3.45. The topological polar surface area (TPSA) is 135 Å². The number of rotatable bonds is 6. The minimum atomic E-state index is -2.51. The van der Waals surface area contributed by atoms with E-state index in [0.29, 0.717) is 12.2 Å². The Labute approximate surface area is 177 Å². The van der Waals surface area contributed by atoms with Gasteiger partial charge in [0, 0.05) is 19.1 Å². The summed E-state index contributed by atoms with van der Waals surface area (Å²) in [5.41, 5.74) is -4.86. The largest absolute Gasteiger partial charge is 0.462 e. The van der Waals surface area contributed by atoms with Crippen molar-refractivity contribution in [2.75, 3.05) is 13.7 Å². The van der Waals surface area contributed by atoms with Gasteiger partial charge in [-0.3, -0.25) is 14.4 Å². The number of ether oxygens (including phenoxy) is 2. The Morgan fingerprint density at radius 2 is 1.90 bits per heavy atom. The van der Waals surface area contributed by atoms with E-state index in [9.17, 15) is 24.6 Å². The van der Waals surface area contributed by atoms with Crippen LogP contribution in [0.25, 0.3) is 5.76 Å². The first kappa shape index (κ1) is 21.0. The Hall–Kier alpha value is -3.27. The molecule has 0 aliphatic carbocycles. The summed E-state index contributed by atoms with van der Waals surface area (Å²) in [5.74, 6) is -2.23. The lowest BCUT2D eigenvalue weighted by molar-refractivity contribution is -0.156. The highest BCUT2D eigenvalue weighted by Crippen LogP contribution is 2.46. The van der Waals surface area contributed by atoms with Crippen LogP contribution in [0.3, 0.4) is 0 Å². The van der Waals surface area contributed by atoms with Crippen molar-refractivity contribution in [1.29, 1.82) is 0 Å². The second-order valence-corrected chi connectivity index (χ2v) is 7.24. The predicted molar refractivity (Wildman–Crippen MR) is 106 cm³/mol. The zero-order chi connectivity index (χ0) is 22.4. The SMILES string of the molecule is CCc1ccc(C2=C(CO)C(=O)[C@]3(O2)C(=O)N[C@@](OC)(C(=O)c2ccccc2)C3O)o1. The van der Waals surface area contributed by atoms with Crippen molar-refractivity contribution < 1.29 is 38.5 Å². The number of amides is 1. The van der Waals surface area contributed by atoms with E-state index < -0.39 is 41.5 Å². The fourth-order valence-electron chi connectivity index (χ4n) is 3.94. The van der Waals surface area contributed by atoms with E-state index in [2.05, 4.69) is 5.32 Å². The third-order valence-electron chi connectivity index (χ3n) is 5.64. The average molecular weight is 427 g/mol. The highest BCUT2D eigenvalue weighted by molar-refractivity contribution is 6.26. The number of Topliss-reactive ketones (excluding diaryl/α,β-unsaturated/α-hetero) is 2. The maximum absolute atomic E-state index is 13.2. The van der Waals surface area contributed by atoms with Gasteiger partial charge in [0.15, 0.2) is 17.6 Å². The van der Waals surface area contributed by atoms with Gasteiger partial charge in [0.25, 0.3) is 11.5 Å². The van der Waals surface area contributed by atoms with E-state index in [4.69, 9.17) is 13.9 Å². The molecule has 1 aromatic carbocycles. The summed E-state index contributed by atoms with van der Waals surface area (Å²) in [5, 5.41) is 23.3. The van der Waals surface area contributed by atoms with Crippen molar-refractivity contribution in [3.05, 3.63) is 65.1 Å². The lowest BCUT2D eigenvalue weighted by Crippen LogP contribution is -2.60. The van der Waals surface area contributed by atoms with Crippen LogP contribution in [0, 0.1) is 0 Å². The van der Waals surface area contributed by atoms with E-state index in [1.54, 1.807) is 24.3 Å². The molecule has 9 heteroatoms. The van der Waals surface area contributed by atoms with Crippen molar-refractivity contribution in [2.45, 2.75) is 30.8 Å². The van der Waals surface area contributed by atoms with Gasteiger partial charge in [-0.1, -0.05) is 37.3 Å². The maximum atomic E-state index is 13.2. The first-order chi connectivity index (χ1) is 14.9. The molecular weight excluding hydrogens is 406 g/mol. The number of ketones is 2. The summed E-state index contributed by atoms with van der Waals surface area (Å²) in [6, 6.07) is 11.1. The molecule has 0 bridgehead atoms. The molecule has 2 aromatic rings. The van der Waals surface area contributed by atoms with Crippen molar-refractivity contribution in [1.82, 2.24) is 5.32 Å². The highest BCUT2D eigenvalue weighted by atomic mass is 16.6. The summed E-state index contributed by atoms with van der Waals surface area (Å²) < 4.78 is 16.6. The molecule has 31 heavy (non-hydrogen) atoms. The van der Waals surface area contributed by atoms with E-state index >= 15 is 0 Å². The van der Waals surface area contributed by atoms with Crippen LogP contribution in [0.15, 0.2) is 52.5 Å². The number of hydrogen-bond acceptors (Lipinski definition) is 8. The lowest BCUT2D eigenvalue weighted by atomic mass is 9.85. The monoisotopic (exact) mass is 427 g/mol. The number of aryl methyl sites for hydroxylation is 1. The number of benzene rings is 1. The van der Waals surface area contributed by atoms with Crippen LogP contribution in [0.1, 0.15) is 28.8 Å². The molecule has 9 nitrogen and oxygen atoms in total. The van der Waals surface area contributed by atoms with Gasteiger partial charge in [-0.05, 0) is 12.1 Å². The number of nitrogens with one attached hydrogen (secondary N) is 1. The van der Waals surface area contributed by atoms with Gasteiger partial charge in [-0.25, -0.2) is 0 Å². The van der Waals surface area contributed by atoms with Crippen LogP contribution in [0.5, 0.6) is 0 Å². The first-order valence-electron chi connectivity index (χ1n) is 9.68. The Kier molecular flexibility index (Phi) is 5.04. The highest BCUT2D eigenvalue weighted by Gasteiger charge is 2.74. The molecule has 4 rings (SSSR count). The zero-order valence-electron chi connectivity index (χ0n) is 16.9. The standard InChI is InChI=1S/C22H21NO8/c1-3-13-9-10-15(30-13)16-14(11-24)18(26)21(31-16)19(27)22(29-2,23-20(21)28)17(25)12-7-5-4-6-8-12/h4-10,19,24,27H,3,11H2,1-2H3,(H,23,28)/t19?,21-,22-/m1/s1. The summed E-state index contributed by atoms with van der Waals surface area (Å²) >= 11 is 0. The summed E-state index contributed by atoms with van der Waals surface area (Å²) in [4.78, 5) is 39.5.